The molecule has 6 heteroatoms. The Kier molecular flexibility index (Phi) is 3.00. The molecule has 0 atom stereocenters. The van der Waals surface area contributed by atoms with Gasteiger partial charge in [-0.15, -0.1) is 0 Å². The van der Waals surface area contributed by atoms with Crippen molar-refractivity contribution in [2.75, 3.05) is 11.9 Å². The molecule has 0 aromatic carbocycles. The van der Waals surface area contributed by atoms with Gasteiger partial charge in [-0.1, -0.05) is 0 Å². The molecular formula is C10H11F3N2O. The lowest BCUT2D eigenvalue weighted by molar-refractivity contribution is 0.0486. The summed E-state index contributed by atoms with van der Waals surface area (Å²) in [5.74, 6) is -3.61. The molecule has 16 heavy (non-hydrogen) atoms. The zero-order valence-electron chi connectivity index (χ0n) is 8.38. The van der Waals surface area contributed by atoms with Crippen LogP contribution in [0.25, 0.3) is 0 Å². The Balaban J connectivity index is 1.96. The molecule has 0 amide bonds. The van der Waals surface area contributed by atoms with Crippen LogP contribution in [-0.2, 0) is 0 Å². The Morgan fingerprint density at radius 2 is 2.00 bits per heavy atom. The number of aliphatic hydroxyl groups excluding tert-OH is 1. The molecule has 88 valence electrons. The molecule has 0 radical (unpaired) electrons. The standard InChI is InChI=1S/C10H11F3N2O/c11-7-3-8(12)10(15-9(7)13)14-4-5-1-6(16)2-5/h3,5-6,16H,1-2,4H2,(H,14,15). The largest absolute Gasteiger partial charge is 0.393 e. The highest BCUT2D eigenvalue weighted by Gasteiger charge is 2.27. The summed E-state index contributed by atoms with van der Waals surface area (Å²) in [4.78, 5) is 3.13. The van der Waals surface area contributed by atoms with Crippen LogP contribution in [0.3, 0.4) is 0 Å². The highest BCUT2D eigenvalue weighted by atomic mass is 19.2. The number of halogens is 3. The van der Waals surface area contributed by atoms with E-state index in [9.17, 15) is 13.2 Å². The van der Waals surface area contributed by atoms with E-state index < -0.39 is 17.6 Å². The average Bonchev–Trinajstić information content (AvgIpc) is 2.18. The second kappa shape index (κ2) is 4.29. The number of nitrogens with zero attached hydrogens (tertiary/aromatic N) is 1. The maximum Gasteiger partial charge on any atom is 0.251 e. The summed E-state index contributed by atoms with van der Waals surface area (Å²) in [6, 6.07) is 0.459. The molecule has 0 aliphatic heterocycles. The van der Waals surface area contributed by atoms with E-state index in [1.807, 2.05) is 0 Å². The number of hydrogen-bond donors (Lipinski definition) is 2. The van der Waals surface area contributed by atoms with Crippen LogP contribution in [0.15, 0.2) is 6.07 Å². The Labute approximate surface area is 90.3 Å². The van der Waals surface area contributed by atoms with Crippen LogP contribution in [-0.4, -0.2) is 22.7 Å². The number of aliphatic hydroxyl groups is 1. The van der Waals surface area contributed by atoms with Gasteiger partial charge >= 0.3 is 0 Å². The highest BCUT2D eigenvalue weighted by Crippen LogP contribution is 2.27. The van der Waals surface area contributed by atoms with E-state index in [-0.39, 0.29) is 17.8 Å². The second-order valence-corrected chi connectivity index (χ2v) is 3.96. The fourth-order valence-corrected chi connectivity index (χ4v) is 1.68. The monoisotopic (exact) mass is 232 g/mol. The van der Waals surface area contributed by atoms with Crippen LogP contribution in [0.4, 0.5) is 19.0 Å². The van der Waals surface area contributed by atoms with Crippen LogP contribution < -0.4 is 5.32 Å². The van der Waals surface area contributed by atoms with E-state index in [0.717, 1.165) is 0 Å². The van der Waals surface area contributed by atoms with Crippen LogP contribution in [0.2, 0.25) is 0 Å². The van der Waals surface area contributed by atoms with Gasteiger partial charge in [0.25, 0.3) is 5.95 Å². The zero-order chi connectivity index (χ0) is 11.7. The van der Waals surface area contributed by atoms with Gasteiger partial charge in [-0.3, -0.25) is 0 Å². The van der Waals surface area contributed by atoms with Crippen molar-refractivity contribution in [1.82, 2.24) is 4.98 Å². The van der Waals surface area contributed by atoms with E-state index in [1.165, 1.54) is 0 Å². The minimum absolute atomic E-state index is 0.226. The summed E-state index contributed by atoms with van der Waals surface area (Å²) < 4.78 is 38.4. The molecule has 2 N–H and O–H groups in total. The van der Waals surface area contributed by atoms with Crippen molar-refractivity contribution >= 4 is 5.82 Å². The van der Waals surface area contributed by atoms with Crippen LogP contribution in [0, 0.1) is 23.5 Å². The Morgan fingerprint density at radius 1 is 1.31 bits per heavy atom. The van der Waals surface area contributed by atoms with E-state index >= 15 is 0 Å². The summed E-state index contributed by atoms with van der Waals surface area (Å²) in [7, 11) is 0. The first kappa shape index (κ1) is 11.2. The van der Waals surface area contributed by atoms with Gasteiger partial charge in [-0.05, 0) is 18.8 Å². The van der Waals surface area contributed by atoms with Gasteiger partial charge in [-0.2, -0.15) is 9.37 Å². The van der Waals surface area contributed by atoms with E-state index in [4.69, 9.17) is 5.11 Å². The van der Waals surface area contributed by atoms with E-state index in [0.29, 0.717) is 25.5 Å². The summed E-state index contributed by atoms with van der Waals surface area (Å²) in [5, 5.41) is 11.6. The van der Waals surface area contributed by atoms with Crippen LogP contribution in [0.1, 0.15) is 12.8 Å². The van der Waals surface area contributed by atoms with Crippen molar-refractivity contribution in [2.24, 2.45) is 5.92 Å². The summed E-state index contributed by atoms with van der Waals surface area (Å²) >= 11 is 0. The van der Waals surface area contributed by atoms with Crippen LogP contribution >= 0.6 is 0 Å². The molecule has 1 aromatic rings. The third-order valence-electron chi connectivity index (χ3n) is 2.66. The van der Waals surface area contributed by atoms with Gasteiger partial charge in [0.2, 0.25) is 0 Å². The van der Waals surface area contributed by atoms with Gasteiger partial charge in [-0.25, -0.2) is 8.78 Å². The first-order valence-electron chi connectivity index (χ1n) is 4.99. The maximum absolute atomic E-state index is 13.1. The SMILES string of the molecule is OC1CC(CNc2nc(F)c(F)cc2F)C1. The molecule has 1 aromatic heterocycles. The molecule has 0 saturated heterocycles. The smallest absolute Gasteiger partial charge is 0.251 e. The van der Waals surface area contributed by atoms with Crippen LogP contribution in [0.5, 0.6) is 0 Å². The number of aromatic nitrogens is 1. The lowest BCUT2D eigenvalue weighted by Crippen LogP contribution is -2.33. The predicted octanol–water partition coefficient (Wildman–Crippen LogP) is 1.68. The van der Waals surface area contributed by atoms with Crippen molar-refractivity contribution in [2.45, 2.75) is 18.9 Å². The Morgan fingerprint density at radius 3 is 2.62 bits per heavy atom. The van der Waals surface area contributed by atoms with Crippen molar-refractivity contribution in [3.05, 3.63) is 23.6 Å². The number of nitrogens with one attached hydrogen (secondary N) is 1. The first-order valence-corrected chi connectivity index (χ1v) is 4.99. The number of rotatable bonds is 3. The first-order chi connectivity index (χ1) is 7.56. The normalized spacial score (nSPS) is 24.0. The van der Waals surface area contributed by atoms with Crippen molar-refractivity contribution in [3.63, 3.8) is 0 Å². The van der Waals surface area contributed by atoms with Crippen molar-refractivity contribution in [3.8, 4) is 0 Å². The molecule has 0 spiro atoms. The van der Waals surface area contributed by atoms with Crippen molar-refractivity contribution < 1.29 is 18.3 Å². The van der Waals surface area contributed by atoms with Gasteiger partial charge in [0.05, 0.1) is 6.10 Å². The van der Waals surface area contributed by atoms with Gasteiger partial charge in [0, 0.05) is 12.6 Å². The minimum atomic E-state index is -1.32. The highest BCUT2D eigenvalue weighted by molar-refractivity contribution is 5.36. The predicted molar refractivity (Wildman–Crippen MR) is 51.3 cm³/mol. The summed E-state index contributed by atoms with van der Waals surface area (Å²) in [5.41, 5.74) is 0. The topological polar surface area (TPSA) is 45.1 Å². The summed E-state index contributed by atoms with van der Waals surface area (Å²) in [6.07, 6.45) is 0.978. The zero-order valence-corrected chi connectivity index (χ0v) is 8.38. The van der Waals surface area contributed by atoms with Crippen molar-refractivity contribution in [1.29, 1.82) is 0 Å². The molecule has 3 nitrogen and oxygen atoms in total. The Hall–Kier alpha value is -1.30. The van der Waals surface area contributed by atoms with E-state index in [1.54, 1.807) is 0 Å². The third kappa shape index (κ3) is 2.27. The lowest BCUT2D eigenvalue weighted by atomic mass is 9.82. The van der Waals surface area contributed by atoms with Gasteiger partial charge in [0.1, 0.15) is 0 Å². The molecule has 2 rings (SSSR count). The molecule has 1 saturated carbocycles. The molecule has 1 heterocycles. The van der Waals surface area contributed by atoms with E-state index in [2.05, 4.69) is 10.3 Å². The summed E-state index contributed by atoms with van der Waals surface area (Å²) in [6.45, 7) is 0.395. The number of hydrogen-bond acceptors (Lipinski definition) is 3. The minimum Gasteiger partial charge on any atom is -0.393 e. The van der Waals surface area contributed by atoms with Gasteiger partial charge < -0.3 is 10.4 Å². The molecular weight excluding hydrogens is 221 g/mol. The fraction of sp³-hybridized carbons (Fsp3) is 0.500. The molecule has 1 aliphatic carbocycles. The molecule has 1 aliphatic rings. The molecule has 1 fully saturated rings. The Bertz CT molecular complexity index is 394. The fourth-order valence-electron chi connectivity index (χ4n) is 1.68. The third-order valence-corrected chi connectivity index (χ3v) is 2.66. The van der Waals surface area contributed by atoms with Gasteiger partial charge in [0.15, 0.2) is 17.5 Å². The molecule has 0 bridgehead atoms. The number of pyridine rings is 1. The molecule has 0 unspecified atom stereocenters. The number of anilines is 1. The lowest BCUT2D eigenvalue weighted by Gasteiger charge is -2.31. The average molecular weight is 232 g/mol. The maximum atomic E-state index is 13.1. The quantitative estimate of drug-likeness (QED) is 0.779. The second-order valence-electron chi connectivity index (χ2n) is 3.96.